The lowest BCUT2D eigenvalue weighted by Crippen LogP contribution is -2.29. The van der Waals surface area contributed by atoms with Crippen LogP contribution in [0.1, 0.15) is 5.56 Å². The van der Waals surface area contributed by atoms with E-state index in [-0.39, 0.29) is 11.7 Å². The molecule has 0 radical (unpaired) electrons. The average Bonchev–Trinajstić information content (AvgIpc) is 2.61. The summed E-state index contributed by atoms with van der Waals surface area (Å²) >= 11 is 1.49. The molecule has 6 heteroatoms. The number of hydrogen-bond acceptors (Lipinski definition) is 4. The third-order valence-electron chi connectivity index (χ3n) is 3.17. The summed E-state index contributed by atoms with van der Waals surface area (Å²) in [4.78, 5) is 11.7. The lowest BCUT2D eigenvalue weighted by molar-refractivity contribution is -0.118. The lowest BCUT2D eigenvalue weighted by atomic mass is 10.2. The largest absolute Gasteiger partial charge is 0.497 e. The summed E-state index contributed by atoms with van der Waals surface area (Å²) in [7, 11) is 1.61. The van der Waals surface area contributed by atoms with Gasteiger partial charge >= 0.3 is 0 Å². The Morgan fingerprint density at radius 1 is 1.08 bits per heavy atom. The van der Waals surface area contributed by atoms with Crippen LogP contribution < -0.4 is 14.8 Å². The van der Waals surface area contributed by atoms with Crippen molar-refractivity contribution in [2.45, 2.75) is 5.75 Å². The number of carbonyl (C=O) groups is 1. The van der Waals surface area contributed by atoms with E-state index in [2.05, 4.69) is 5.32 Å². The molecule has 1 N–H and O–H groups in total. The SMILES string of the molecule is COc1ccc(OCCNC(=O)CSCc2ccc(F)cc2)cc1. The van der Waals surface area contributed by atoms with E-state index in [1.165, 1.54) is 23.9 Å². The second-order valence-corrected chi connectivity index (χ2v) is 5.98. The molecule has 0 heterocycles. The van der Waals surface area contributed by atoms with Gasteiger partial charge in [0.05, 0.1) is 19.4 Å². The molecule has 4 nitrogen and oxygen atoms in total. The van der Waals surface area contributed by atoms with E-state index in [0.29, 0.717) is 24.7 Å². The van der Waals surface area contributed by atoms with Crippen LogP contribution in [-0.4, -0.2) is 31.9 Å². The van der Waals surface area contributed by atoms with Crippen LogP contribution in [0.4, 0.5) is 4.39 Å². The highest BCUT2D eigenvalue weighted by Crippen LogP contribution is 2.16. The zero-order valence-corrected chi connectivity index (χ0v) is 14.3. The van der Waals surface area contributed by atoms with Crippen molar-refractivity contribution in [1.82, 2.24) is 5.32 Å². The van der Waals surface area contributed by atoms with Crippen LogP contribution >= 0.6 is 11.8 Å². The van der Waals surface area contributed by atoms with Crippen LogP contribution in [0.25, 0.3) is 0 Å². The highest BCUT2D eigenvalue weighted by molar-refractivity contribution is 7.99. The monoisotopic (exact) mass is 349 g/mol. The number of ether oxygens (including phenoxy) is 2. The molecule has 0 saturated carbocycles. The van der Waals surface area contributed by atoms with Crippen LogP contribution in [0.3, 0.4) is 0 Å². The maximum Gasteiger partial charge on any atom is 0.230 e. The molecule has 0 fully saturated rings. The van der Waals surface area contributed by atoms with E-state index >= 15 is 0 Å². The summed E-state index contributed by atoms with van der Waals surface area (Å²) < 4.78 is 23.4. The molecule has 2 rings (SSSR count). The predicted octanol–water partition coefficient (Wildman–Crippen LogP) is 3.26. The Morgan fingerprint density at radius 2 is 1.75 bits per heavy atom. The molecule has 0 spiro atoms. The van der Waals surface area contributed by atoms with Gasteiger partial charge in [-0.1, -0.05) is 12.1 Å². The maximum absolute atomic E-state index is 12.8. The van der Waals surface area contributed by atoms with Crippen LogP contribution in [0.5, 0.6) is 11.5 Å². The second-order valence-electron chi connectivity index (χ2n) is 4.99. The fourth-order valence-electron chi connectivity index (χ4n) is 1.92. The first kappa shape index (κ1) is 18.1. The van der Waals surface area contributed by atoms with Crippen molar-refractivity contribution in [1.29, 1.82) is 0 Å². The maximum atomic E-state index is 12.8. The van der Waals surface area contributed by atoms with Crippen molar-refractivity contribution in [2.75, 3.05) is 26.0 Å². The van der Waals surface area contributed by atoms with E-state index in [4.69, 9.17) is 9.47 Å². The molecule has 24 heavy (non-hydrogen) atoms. The second kappa shape index (κ2) is 9.82. The Bertz CT molecular complexity index is 632. The van der Waals surface area contributed by atoms with E-state index in [9.17, 15) is 9.18 Å². The number of methoxy groups -OCH3 is 1. The summed E-state index contributed by atoms with van der Waals surface area (Å²) in [6, 6.07) is 13.6. The Balaban J connectivity index is 1.56. The standard InChI is InChI=1S/C18H20FNO3S/c1-22-16-6-8-17(9-7-16)23-11-10-20-18(21)13-24-12-14-2-4-15(19)5-3-14/h2-9H,10-13H2,1H3,(H,20,21). The summed E-state index contributed by atoms with van der Waals surface area (Å²) in [5, 5.41) is 2.80. The van der Waals surface area contributed by atoms with Gasteiger partial charge < -0.3 is 14.8 Å². The highest BCUT2D eigenvalue weighted by atomic mass is 32.2. The van der Waals surface area contributed by atoms with Gasteiger partial charge in [-0.15, -0.1) is 11.8 Å². The van der Waals surface area contributed by atoms with Crippen molar-refractivity contribution in [2.24, 2.45) is 0 Å². The molecule has 0 unspecified atom stereocenters. The third-order valence-corrected chi connectivity index (χ3v) is 4.17. The minimum Gasteiger partial charge on any atom is -0.497 e. The number of carbonyl (C=O) groups excluding carboxylic acids is 1. The Kier molecular flexibility index (Phi) is 7.42. The van der Waals surface area contributed by atoms with Gasteiger partial charge in [-0.3, -0.25) is 4.79 Å². The number of hydrogen-bond donors (Lipinski definition) is 1. The fraction of sp³-hybridized carbons (Fsp3) is 0.278. The highest BCUT2D eigenvalue weighted by Gasteiger charge is 2.02. The number of rotatable bonds is 9. The Labute approximate surface area is 145 Å². The van der Waals surface area contributed by atoms with Crippen molar-refractivity contribution in [3.63, 3.8) is 0 Å². The summed E-state index contributed by atoms with van der Waals surface area (Å²) in [6.45, 7) is 0.850. The van der Waals surface area contributed by atoms with Crippen LogP contribution in [0.2, 0.25) is 0 Å². The quantitative estimate of drug-likeness (QED) is 0.706. The van der Waals surface area contributed by atoms with Gasteiger partial charge in [0.2, 0.25) is 5.91 Å². The first-order chi connectivity index (χ1) is 11.7. The minimum atomic E-state index is -0.252. The first-order valence-electron chi connectivity index (χ1n) is 7.53. The zero-order valence-electron chi connectivity index (χ0n) is 13.5. The zero-order chi connectivity index (χ0) is 17.2. The fourth-order valence-corrected chi connectivity index (χ4v) is 2.74. The predicted molar refractivity (Wildman–Crippen MR) is 94.1 cm³/mol. The molecule has 0 saturated heterocycles. The normalized spacial score (nSPS) is 10.2. The van der Waals surface area contributed by atoms with Gasteiger partial charge in [0.15, 0.2) is 0 Å². The van der Waals surface area contributed by atoms with E-state index < -0.39 is 0 Å². The number of amides is 1. The first-order valence-corrected chi connectivity index (χ1v) is 8.68. The molecule has 1 amide bonds. The van der Waals surface area contributed by atoms with Gasteiger partial charge in [0.25, 0.3) is 0 Å². The molecule has 0 aliphatic heterocycles. The Hall–Kier alpha value is -2.21. The average molecular weight is 349 g/mol. The van der Waals surface area contributed by atoms with Crippen LogP contribution in [-0.2, 0) is 10.5 Å². The topological polar surface area (TPSA) is 47.6 Å². The van der Waals surface area contributed by atoms with E-state index in [0.717, 1.165) is 17.1 Å². The molecule has 2 aromatic carbocycles. The van der Waals surface area contributed by atoms with Gasteiger partial charge in [0, 0.05) is 5.75 Å². The number of halogens is 1. The van der Waals surface area contributed by atoms with Crippen LogP contribution in [0, 0.1) is 5.82 Å². The number of thioether (sulfide) groups is 1. The van der Waals surface area contributed by atoms with Gasteiger partial charge in [-0.2, -0.15) is 0 Å². The molecular weight excluding hydrogens is 329 g/mol. The summed E-state index contributed by atoms with van der Waals surface area (Å²) in [5.74, 6) is 2.25. The van der Waals surface area contributed by atoms with Gasteiger partial charge in [-0.05, 0) is 42.0 Å². The molecule has 128 valence electrons. The third kappa shape index (κ3) is 6.50. The molecule has 0 aliphatic carbocycles. The van der Waals surface area contributed by atoms with Crippen molar-refractivity contribution >= 4 is 17.7 Å². The molecule has 0 aliphatic rings. The lowest BCUT2D eigenvalue weighted by Gasteiger charge is -2.08. The van der Waals surface area contributed by atoms with Crippen molar-refractivity contribution in [3.05, 3.63) is 59.9 Å². The smallest absolute Gasteiger partial charge is 0.230 e. The van der Waals surface area contributed by atoms with Gasteiger partial charge in [-0.25, -0.2) is 4.39 Å². The summed E-state index contributed by atoms with van der Waals surface area (Å²) in [6.07, 6.45) is 0. The van der Waals surface area contributed by atoms with Gasteiger partial charge in [0.1, 0.15) is 23.9 Å². The van der Waals surface area contributed by atoms with Crippen molar-refractivity contribution < 1.29 is 18.7 Å². The molecule has 0 atom stereocenters. The molecular formula is C18H20FNO3S. The Morgan fingerprint density at radius 3 is 2.42 bits per heavy atom. The van der Waals surface area contributed by atoms with E-state index in [1.54, 1.807) is 19.2 Å². The number of nitrogens with one attached hydrogen (secondary N) is 1. The minimum absolute atomic E-state index is 0.0413. The van der Waals surface area contributed by atoms with Crippen LogP contribution in [0.15, 0.2) is 48.5 Å². The number of benzene rings is 2. The summed E-state index contributed by atoms with van der Waals surface area (Å²) in [5.41, 5.74) is 0.997. The van der Waals surface area contributed by atoms with E-state index in [1.807, 2.05) is 24.3 Å². The molecule has 2 aromatic rings. The molecule has 0 aromatic heterocycles. The van der Waals surface area contributed by atoms with Crippen molar-refractivity contribution in [3.8, 4) is 11.5 Å². The molecule has 0 bridgehead atoms.